The number of allylic oxidation sites excluding steroid dienone is 17. The standard InChI is InChI=1S/C48H53NO/c1-32-42(30-29-39-38-21-10-12-23-41(38)48(47(32)39,35-17-4-2-5-18-35)36-19-6-3-7-20-36)49(37-28-27-33-15-8-9-16-34(33)31-37)43-24-14-26-45-46(43)40-22-11-13-25-44(40)50-45/h2,4,6,9-11,13-14,16,19-22,24-26,29,31-32,35,38,40-42,44,47H,3,5,7-8,12,15,17-18,23,27-28,30H2,1H3/t32-,35?,38?,40?,41?,42?,44?,47?,48-/m1/s1. The second kappa shape index (κ2) is 12.5. The molecule has 1 fully saturated rings. The Hall–Kier alpha value is -3.78. The lowest BCUT2D eigenvalue weighted by Crippen LogP contribution is -2.51. The van der Waals surface area contributed by atoms with E-state index in [9.17, 15) is 0 Å². The maximum atomic E-state index is 6.67. The Morgan fingerprint density at radius 3 is 2.60 bits per heavy atom. The van der Waals surface area contributed by atoms with Gasteiger partial charge in [0.1, 0.15) is 11.9 Å². The van der Waals surface area contributed by atoms with Crippen molar-refractivity contribution in [3.05, 3.63) is 143 Å². The SMILES string of the molecule is C[C@@H]1C(N(C2=CC3=C(CCC=C3)CC2)c2cccc3c2C2C=CC=CC2O3)CC=C2C3C=CCCC3[C@](C3=CCCC=C3)(C3CC=CCC3)C21. The summed E-state index contributed by atoms with van der Waals surface area (Å²) >= 11 is 0. The number of ether oxygens (including phenoxy) is 1. The van der Waals surface area contributed by atoms with Crippen molar-refractivity contribution in [3.63, 3.8) is 0 Å². The normalized spacial score (nSPS) is 37.6. The molecule has 256 valence electrons. The molecule has 0 bridgehead atoms. The summed E-state index contributed by atoms with van der Waals surface area (Å²) in [6, 6.07) is 7.30. The van der Waals surface area contributed by atoms with Gasteiger partial charge in [0.2, 0.25) is 0 Å². The average Bonchev–Trinajstić information content (AvgIpc) is 3.71. The van der Waals surface area contributed by atoms with Gasteiger partial charge in [0.15, 0.2) is 0 Å². The number of fused-ring (bicyclic) bond motifs is 6. The lowest BCUT2D eigenvalue weighted by Gasteiger charge is -2.54. The molecule has 50 heavy (non-hydrogen) atoms. The molecule has 2 heteroatoms. The van der Waals surface area contributed by atoms with Crippen molar-refractivity contribution in [3.8, 4) is 5.75 Å². The molecule has 0 saturated heterocycles. The Bertz CT molecular complexity index is 1870. The molecule has 9 atom stereocenters. The second-order valence-corrected chi connectivity index (χ2v) is 16.6. The van der Waals surface area contributed by atoms with E-state index in [1.807, 2.05) is 0 Å². The second-order valence-electron chi connectivity index (χ2n) is 16.6. The predicted octanol–water partition coefficient (Wildman–Crippen LogP) is 12.0. The molecule has 0 radical (unpaired) electrons. The van der Waals surface area contributed by atoms with Crippen LogP contribution in [0.1, 0.15) is 95.5 Å². The molecule has 0 amide bonds. The van der Waals surface area contributed by atoms with Crippen molar-refractivity contribution in [1.29, 1.82) is 0 Å². The number of anilines is 1. The first kappa shape index (κ1) is 31.0. The molecular formula is C48H53NO. The molecule has 7 unspecified atom stereocenters. The highest BCUT2D eigenvalue weighted by Gasteiger charge is 2.64. The van der Waals surface area contributed by atoms with Crippen LogP contribution >= 0.6 is 0 Å². The zero-order chi connectivity index (χ0) is 33.2. The lowest BCUT2D eigenvalue weighted by atomic mass is 9.51. The summed E-state index contributed by atoms with van der Waals surface area (Å²) in [5.41, 5.74) is 11.1. The molecule has 8 aliphatic carbocycles. The summed E-state index contributed by atoms with van der Waals surface area (Å²) < 4.78 is 6.67. The smallest absolute Gasteiger partial charge is 0.128 e. The van der Waals surface area contributed by atoms with E-state index < -0.39 is 0 Å². The van der Waals surface area contributed by atoms with Crippen LogP contribution in [-0.2, 0) is 0 Å². The zero-order valence-electron chi connectivity index (χ0n) is 29.9. The summed E-state index contributed by atoms with van der Waals surface area (Å²) in [6.07, 6.45) is 51.8. The van der Waals surface area contributed by atoms with E-state index >= 15 is 0 Å². The minimum Gasteiger partial charge on any atom is -0.485 e. The summed E-state index contributed by atoms with van der Waals surface area (Å²) in [5.74, 6) is 4.34. The Morgan fingerprint density at radius 1 is 0.780 bits per heavy atom. The minimum atomic E-state index is 0.0889. The van der Waals surface area contributed by atoms with Gasteiger partial charge in [-0.1, -0.05) is 103 Å². The number of benzene rings is 1. The third kappa shape index (κ3) is 4.65. The van der Waals surface area contributed by atoms with Gasteiger partial charge in [-0.05, 0) is 136 Å². The first-order valence-electron chi connectivity index (χ1n) is 20.1. The summed E-state index contributed by atoms with van der Waals surface area (Å²) in [7, 11) is 0. The van der Waals surface area contributed by atoms with Crippen LogP contribution in [0.4, 0.5) is 5.69 Å². The topological polar surface area (TPSA) is 12.5 Å². The van der Waals surface area contributed by atoms with Crippen molar-refractivity contribution < 1.29 is 4.74 Å². The minimum absolute atomic E-state index is 0.0889. The van der Waals surface area contributed by atoms with Gasteiger partial charge >= 0.3 is 0 Å². The van der Waals surface area contributed by atoms with Gasteiger partial charge in [-0.15, -0.1) is 0 Å². The molecular weight excluding hydrogens is 607 g/mol. The molecule has 1 aliphatic heterocycles. The molecule has 0 spiro atoms. The fourth-order valence-electron chi connectivity index (χ4n) is 12.5. The van der Waals surface area contributed by atoms with Gasteiger partial charge in [0.05, 0.1) is 0 Å². The van der Waals surface area contributed by atoms with E-state index in [-0.39, 0.29) is 17.4 Å². The van der Waals surface area contributed by atoms with Crippen molar-refractivity contribution in [2.24, 2.45) is 35.0 Å². The van der Waals surface area contributed by atoms with Crippen LogP contribution in [0.25, 0.3) is 0 Å². The molecule has 1 aromatic carbocycles. The molecule has 1 heterocycles. The zero-order valence-corrected chi connectivity index (χ0v) is 29.9. The van der Waals surface area contributed by atoms with E-state index in [2.05, 4.69) is 121 Å². The van der Waals surface area contributed by atoms with Crippen LogP contribution in [0.2, 0.25) is 0 Å². The number of hydrogen-bond acceptors (Lipinski definition) is 2. The van der Waals surface area contributed by atoms with E-state index in [0.29, 0.717) is 35.6 Å². The monoisotopic (exact) mass is 659 g/mol. The highest BCUT2D eigenvalue weighted by Crippen LogP contribution is 2.70. The van der Waals surface area contributed by atoms with Crippen LogP contribution in [0.5, 0.6) is 5.75 Å². The van der Waals surface area contributed by atoms with Gasteiger partial charge in [0, 0.05) is 40.2 Å². The Labute approximate surface area is 300 Å². The molecule has 1 saturated carbocycles. The summed E-state index contributed by atoms with van der Waals surface area (Å²) in [5, 5.41) is 0. The van der Waals surface area contributed by atoms with Gasteiger partial charge in [-0.2, -0.15) is 0 Å². The van der Waals surface area contributed by atoms with Crippen molar-refractivity contribution >= 4 is 5.69 Å². The van der Waals surface area contributed by atoms with E-state index in [0.717, 1.165) is 18.6 Å². The van der Waals surface area contributed by atoms with E-state index in [1.165, 1.54) is 86.7 Å². The molecule has 0 aromatic heterocycles. The highest BCUT2D eigenvalue weighted by atomic mass is 16.5. The van der Waals surface area contributed by atoms with Crippen molar-refractivity contribution in [2.45, 2.75) is 102 Å². The Kier molecular flexibility index (Phi) is 7.73. The first-order chi connectivity index (χ1) is 24.7. The molecule has 1 aromatic rings. The van der Waals surface area contributed by atoms with Gasteiger partial charge in [0.25, 0.3) is 0 Å². The summed E-state index contributed by atoms with van der Waals surface area (Å²) in [6.45, 7) is 2.68. The highest BCUT2D eigenvalue weighted by molar-refractivity contribution is 5.69. The largest absolute Gasteiger partial charge is 0.485 e. The Balaban J connectivity index is 1.15. The predicted molar refractivity (Wildman–Crippen MR) is 207 cm³/mol. The third-order valence-electron chi connectivity index (χ3n) is 14.4. The fourth-order valence-corrected chi connectivity index (χ4v) is 12.5. The Morgan fingerprint density at radius 2 is 1.70 bits per heavy atom. The lowest BCUT2D eigenvalue weighted by molar-refractivity contribution is 0.0450. The number of nitrogens with zero attached hydrogens (tertiary/aromatic N) is 1. The first-order valence-corrected chi connectivity index (χ1v) is 20.1. The van der Waals surface area contributed by atoms with Gasteiger partial charge in [-0.3, -0.25) is 0 Å². The number of rotatable bonds is 5. The van der Waals surface area contributed by atoms with Gasteiger partial charge in [-0.25, -0.2) is 0 Å². The molecule has 2 nitrogen and oxygen atoms in total. The maximum absolute atomic E-state index is 6.67. The van der Waals surface area contributed by atoms with Crippen LogP contribution in [-0.4, -0.2) is 12.1 Å². The average molecular weight is 660 g/mol. The van der Waals surface area contributed by atoms with Crippen LogP contribution in [0.3, 0.4) is 0 Å². The van der Waals surface area contributed by atoms with Crippen LogP contribution in [0, 0.1) is 35.0 Å². The molecule has 0 N–H and O–H groups in total. The number of hydrogen-bond donors (Lipinski definition) is 0. The maximum Gasteiger partial charge on any atom is 0.128 e. The van der Waals surface area contributed by atoms with Crippen LogP contribution in [0.15, 0.2) is 137 Å². The fraction of sp³-hybridized carbons (Fsp3) is 0.458. The van der Waals surface area contributed by atoms with Crippen LogP contribution < -0.4 is 9.64 Å². The summed E-state index contributed by atoms with van der Waals surface area (Å²) in [4.78, 5) is 2.88. The van der Waals surface area contributed by atoms with E-state index in [1.54, 1.807) is 16.7 Å². The third-order valence-corrected chi connectivity index (χ3v) is 14.4. The van der Waals surface area contributed by atoms with Gasteiger partial charge < -0.3 is 9.64 Å². The quantitative estimate of drug-likeness (QED) is 0.292. The van der Waals surface area contributed by atoms with Crippen molar-refractivity contribution in [2.75, 3.05) is 4.90 Å². The van der Waals surface area contributed by atoms with E-state index in [4.69, 9.17) is 4.74 Å². The molecule has 10 rings (SSSR count). The van der Waals surface area contributed by atoms with Crippen molar-refractivity contribution in [1.82, 2.24) is 0 Å². The molecule has 9 aliphatic rings.